The summed E-state index contributed by atoms with van der Waals surface area (Å²) in [4.78, 5) is 11.6. The van der Waals surface area contributed by atoms with E-state index in [9.17, 15) is 4.79 Å². The molecule has 1 aromatic rings. The van der Waals surface area contributed by atoms with Crippen LogP contribution in [0.15, 0.2) is 6.07 Å². The number of alkyl halides is 1. The highest BCUT2D eigenvalue weighted by Crippen LogP contribution is 2.33. The second kappa shape index (κ2) is 5.58. The van der Waals surface area contributed by atoms with Crippen molar-refractivity contribution in [2.45, 2.75) is 0 Å². The van der Waals surface area contributed by atoms with Gasteiger partial charge >= 0.3 is 5.97 Å². The van der Waals surface area contributed by atoms with Crippen LogP contribution in [0.1, 0.15) is 9.67 Å². The van der Waals surface area contributed by atoms with Crippen LogP contribution in [0.25, 0.3) is 0 Å². The van der Waals surface area contributed by atoms with E-state index < -0.39 is 5.97 Å². The zero-order chi connectivity index (χ0) is 10.6. The van der Waals surface area contributed by atoms with Crippen LogP contribution < -0.4 is 4.74 Å². The van der Waals surface area contributed by atoms with E-state index in [1.54, 1.807) is 6.07 Å². The van der Waals surface area contributed by atoms with Gasteiger partial charge in [0.1, 0.15) is 5.75 Å². The number of esters is 1. The molecular weight excluding hydrogens is 292 g/mol. The van der Waals surface area contributed by atoms with Crippen LogP contribution in [-0.4, -0.2) is 25.0 Å². The van der Waals surface area contributed by atoms with E-state index in [4.69, 9.17) is 16.3 Å². The molecular formula is C8H8BrClO3S. The van der Waals surface area contributed by atoms with Crippen LogP contribution >= 0.6 is 38.9 Å². The molecule has 1 aromatic heterocycles. The maximum Gasteiger partial charge on any atom is 0.351 e. The molecule has 0 radical (unpaired) electrons. The van der Waals surface area contributed by atoms with Crippen LogP contribution in [0.2, 0.25) is 4.34 Å². The Balaban J connectivity index is 2.85. The van der Waals surface area contributed by atoms with E-state index >= 15 is 0 Å². The summed E-state index contributed by atoms with van der Waals surface area (Å²) in [5, 5.41) is 0.696. The molecule has 0 aliphatic heterocycles. The van der Waals surface area contributed by atoms with Gasteiger partial charge in [-0.15, -0.1) is 11.3 Å². The summed E-state index contributed by atoms with van der Waals surface area (Å²) in [6.07, 6.45) is 0. The number of ether oxygens (including phenoxy) is 2. The number of halogens is 2. The topological polar surface area (TPSA) is 35.5 Å². The molecule has 1 heterocycles. The minimum Gasteiger partial charge on any atom is -0.491 e. The Hall–Kier alpha value is -0.260. The second-order valence-corrected chi connectivity index (χ2v) is 4.75. The van der Waals surface area contributed by atoms with Gasteiger partial charge in [-0.1, -0.05) is 27.5 Å². The third-order valence-corrected chi connectivity index (χ3v) is 2.92. The second-order valence-electron chi connectivity index (χ2n) is 2.27. The van der Waals surface area contributed by atoms with E-state index in [2.05, 4.69) is 20.7 Å². The molecule has 14 heavy (non-hydrogen) atoms. The van der Waals surface area contributed by atoms with E-state index in [-0.39, 0.29) is 0 Å². The predicted molar refractivity (Wildman–Crippen MR) is 60.0 cm³/mol. The van der Waals surface area contributed by atoms with Gasteiger partial charge < -0.3 is 9.47 Å². The van der Waals surface area contributed by atoms with Gasteiger partial charge in [0.25, 0.3) is 0 Å². The molecule has 0 amide bonds. The number of thiophene rings is 1. The van der Waals surface area contributed by atoms with Gasteiger partial charge in [0.2, 0.25) is 0 Å². The average Bonchev–Trinajstić information content (AvgIpc) is 2.55. The van der Waals surface area contributed by atoms with Gasteiger partial charge in [-0.2, -0.15) is 0 Å². The number of carbonyl (C=O) groups excluding carboxylic acids is 1. The molecule has 0 aromatic carbocycles. The molecule has 0 saturated carbocycles. The Kier molecular flexibility index (Phi) is 4.71. The highest BCUT2D eigenvalue weighted by molar-refractivity contribution is 9.09. The van der Waals surface area contributed by atoms with Gasteiger partial charge in [0.15, 0.2) is 4.88 Å². The zero-order valence-electron chi connectivity index (χ0n) is 7.38. The number of carbonyl (C=O) groups is 1. The van der Waals surface area contributed by atoms with Gasteiger partial charge in [-0.3, -0.25) is 0 Å². The fraction of sp³-hybridized carbons (Fsp3) is 0.375. The van der Waals surface area contributed by atoms with Crippen molar-refractivity contribution in [2.75, 3.05) is 19.0 Å². The quantitative estimate of drug-likeness (QED) is 0.633. The monoisotopic (exact) mass is 298 g/mol. The first-order valence-corrected chi connectivity index (χ1v) is 6.07. The Labute approximate surface area is 99.1 Å². The molecule has 0 unspecified atom stereocenters. The molecule has 0 aliphatic carbocycles. The predicted octanol–water partition coefficient (Wildman–Crippen LogP) is 2.96. The Morgan fingerprint density at radius 2 is 2.43 bits per heavy atom. The molecule has 1 rings (SSSR count). The first kappa shape index (κ1) is 11.8. The molecule has 0 spiro atoms. The van der Waals surface area contributed by atoms with Crippen LogP contribution in [-0.2, 0) is 4.74 Å². The van der Waals surface area contributed by atoms with Crippen molar-refractivity contribution in [3.8, 4) is 5.75 Å². The number of hydrogen-bond acceptors (Lipinski definition) is 4. The van der Waals surface area contributed by atoms with E-state index in [0.717, 1.165) is 11.3 Å². The minimum absolute atomic E-state index is 0.401. The van der Waals surface area contributed by atoms with Gasteiger partial charge in [0.05, 0.1) is 18.1 Å². The fourth-order valence-corrected chi connectivity index (χ4v) is 2.08. The summed E-state index contributed by atoms with van der Waals surface area (Å²) in [5.41, 5.74) is 0. The maximum absolute atomic E-state index is 11.2. The highest BCUT2D eigenvalue weighted by Gasteiger charge is 2.17. The molecule has 6 heteroatoms. The van der Waals surface area contributed by atoms with Crippen molar-refractivity contribution >= 4 is 44.8 Å². The standard InChI is InChI=1S/C8H8BrClO3S/c1-12-8(11)7-5(13-3-2-9)4-6(10)14-7/h4H,2-3H2,1H3. The summed E-state index contributed by atoms with van der Waals surface area (Å²) >= 11 is 10.1. The Morgan fingerprint density at radius 3 is 3.00 bits per heavy atom. The third kappa shape index (κ3) is 2.87. The molecule has 0 N–H and O–H groups in total. The van der Waals surface area contributed by atoms with Crippen molar-refractivity contribution < 1.29 is 14.3 Å². The lowest BCUT2D eigenvalue weighted by molar-refractivity contribution is 0.0602. The van der Waals surface area contributed by atoms with Crippen molar-refractivity contribution in [3.63, 3.8) is 0 Å². The minimum atomic E-state index is -0.425. The van der Waals surface area contributed by atoms with Gasteiger partial charge in [-0.05, 0) is 0 Å². The first-order chi connectivity index (χ1) is 6.69. The van der Waals surface area contributed by atoms with Crippen molar-refractivity contribution in [1.82, 2.24) is 0 Å². The lowest BCUT2D eigenvalue weighted by Crippen LogP contribution is -2.03. The third-order valence-electron chi connectivity index (χ3n) is 1.37. The average molecular weight is 300 g/mol. The highest BCUT2D eigenvalue weighted by atomic mass is 79.9. The van der Waals surface area contributed by atoms with E-state index in [1.165, 1.54) is 7.11 Å². The van der Waals surface area contributed by atoms with Crippen molar-refractivity contribution in [2.24, 2.45) is 0 Å². The molecule has 78 valence electrons. The molecule has 0 aliphatic rings. The van der Waals surface area contributed by atoms with Crippen LogP contribution in [0.3, 0.4) is 0 Å². The van der Waals surface area contributed by atoms with E-state index in [0.29, 0.717) is 26.9 Å². The summed E-state index contributed by atoms with van der Waals surface area (Å²) in [7, 11) is 1.32. The smallest absolute Gasteiger partial charge is 0.351 e. The lowest BCUT2D eigenvalue weighted by Gasteiger charge is -2.02. The van der Waals surface area contributed by atoms with E-state index in [1.807, 2.05) is 0 Å². The molecule has 0 bridgehead atoms. The molecule has 0 fully saturated rings. The fourth-order valence-electron chi connectivity index (χ4n) is 0.837. The molecule has 0 atom stereocenters. The van der Waals surface area contributed by atoms with Gasteiger partial charge in [-0.25, -0.2) is 4.79 Å². The van der Waals surface area contributed by atoms with Crippen LogP contribution in [0.4, 0.5) is 0 Å². The van der Waals surface area contributed by atoms with Crippen LogP contribution in [0, 0.1) is 0 Å². The number of hydrogen-bond donors (Lipinski definition) is 0. The van der Waals surface area contributed by atoms with Gasteiger partial charge in [0, 0.05) is 11.4 Å². The Morgan fingerprint density at radius 1 is 1.71 bits per heavy atom. The zero-order valence-corrected chi connectivity index (χ0v) is 10.5. The Bertz CT molecular complexity index is 326. The summed E-state index contributed by atoms with van der Waals surface area (Å²) in [6, 6.07) is 1.61. The summed E-state index contributed by atoms with van der Waals surface area (Å²) < 4.78 is 10.4. The summed E-state index contributed by atoms with van der Waals surface area (Å²) in [5.74, 6) is 0.0535. The maximum atomic E-state index is 11.2. The molecule has 3 nitrogen and oxygen atoms in total. The SMILES string of the molecule is COC(=O)c1sc(Cl)cc1OCCBr. The van der Waals surface area contributed by atoms with Crippen LogP contribution in [0.5, 0.6) is 5.75 Å². The largest absolute Gasteiger partial charge is 0.491 e. The lowest BCUT2D eigenvalue weighted by atomic mass is 10.4. The van der Waals surface area contributed by atoms with Crippen molar-refractivity contribution in [3.05, 3.63) is 15.3 Å². The van der Waals surface area contributed by atoms with Crippen molar-refractivity contribution in [1.29, 1.82) is 0 Å². The first-order valence-electron chi connectivity index (χ1n) is 3.75. The number of methoxy groups -OCH3 is 1. The molecule has 0 saturated heterocycles. The summed E-state index contributed by atoms with van der Waals surface area (Å²) in [6.45, 7) is 0.483. The number of rotatable bonds is 4. The normalized spacial score (nSPS) is 9.93.